The monoisotopic (exact) mass is 253 g/mol. The van der Waals surface area contributed by atoms with Crippen molar-refractivity contribution in [3.63, 3.8) is 0 Å². The number of anilines is 2. The van der Waals surface area contributed by atoms with Crippen molar-refractivity contribution in [2.45, 2.75) is 19.4 Å². The average Bonchev–Trinajstić information content (AvgIpc) is 2.74. The molecule has 0 radical (unpaired) electrons. The van der Waals surface area contributed by atoms with Crippen LogP contribution in [0.2, 0.25) is 0 Å². The van der Waals surface area contributed by atoms with Gasteiger partial charge in [-0.2, -0.15) is 0 Å². The van der Waals surface area contributed by atoms with E-state index in [1.165, 1.54) is 11.3 Å². The lowest BCUT2D eigenvalue weighted by Crippen LogP contribution is -2.23. The fraction of sp³-hybridized carbons (Fsp3) is 0.188. The van der Waals surface area contributed by atoms with Crippen LogP contribution >= 0.6 is 0 Å². The molecule has 1 N–H and O–H groups in total. The number of para-hydroxylation sites is 1. The first-order valence-electron chi connectivity index (χ1n) is 6.37. The predicted octanol–water partition coefficient (Wildman–Crippen LogP) is 3.47. The molecule has 3 rings (SSSR count). The van der Waals surface area contributed by atoms with Crippen molar-refractivity contribution >= 4 is 17.3 Å². The van der Waals surface area contributed by atoms with Crippen LogP contribution in [0.15, 0.2) is 48.5 Å². The minimum absolute atomic E-state index is 0.323. The van der Waals surface area contributed by atoms with Gasteiger partial charge in [-0.05, 0) is 49.2 Å². The van der Waals surface area contributed by atoms with E-state index in [-0.39, 0.29) is 0 Å². The second kappa shape index (κ2) is 4.43. The van der Waals surface area contributed by atoms with Gasteiger partial charge in [-0.3, -0.25) is 0 Å². The van der Waals surface area contributed by atoms with Crippen molar-refractivity contribution < 1.29 is 9.90 Å². The minimum atomic E-state index is -0.888. The highest BCUT2D eigenvalue weighted by Gasteiger charge is 2.26. The summed E-state index contributed by atoms with van der Waals surface area (Å²) in [5.74, 6) is -0.888. The number of rotatable bonds is 2. The average molecular weight is 253 g/mol. The van der Waals surface area contributed by atoms with Crippen molar-refractivity contribution in [2.75, 3.05) is 4.90 Å². The van der Waals surface area contributed by atoms with Gasteiger partial charge in [-0.1, -0.05) is 18.2 Å². The molecule has 3 nitrogen and oxygen atoms in total. The fourth-order valence-electron chi connectivity index (χ4n) is 2.72. The molecule has 1 aliphatic heterocycles. The Morgan fingerprint density at radius 2 is 1.84 bits per heavy atom. The number of aromatic carboxylic acids is 1. The van der Waals surface area contributed by atoms with Gasteiger partial charge in [0.2, 0.25) is 0 Å². The maximum Gasteiger partial charge on any atom is 0.335 e. The Kier molecular flexibility index (Phi) is 2.75. The van der Waals surface area contributed by atoms with E-state index in [2.05, 4.69) is 30.0 Å². The van der Waals surface area contributed by atoms with E-state index >= 15 is 0 Å². The van der Waals surface area contributed by atoms with Crippen molar-refractivity contribution in [1.29, 1.82) is 0 Å². The number of carbonyl (C=O) groups is 1. The molecule has 0 fully saturated rings. The molecule has 0 saturated heterocycles. The molecule has 0 amide bonds. The number of fused-ring (bicyclic) bond motifs is 1. The molecule has 0 aromatic heterocycles. The topological polar surface area (TPSA) is 40.5 Å². The zero-order valence-corrected chi connectivity index (χ0v) is 10.7. The van der Waals surface area contributed by atoms with E-state index in [0.717, 1.165) is 12.1 Å². The summed E-state index contributed by atoms with van der Waals surface area (Å²) in [5.41, 5.74) is 3.93. The highest BCUT2D eigenvalue weighted by Crippen LogP contribution is 2.37. The molecular weight excluding hydrogens is 238 g/mol. The molecule has 96 valence electrons. The van der Waals surface area contributed by atoms with Crippen molar-refractivity contribution in [2.24, 2.45) is 0 Å². The molecular formula is C16H15NO2. The molecule has 3 heteroatoms. The molecule has 0 spiro atoms. The zero-order valence-electron chi connectivity index (χ0n) is 10.7. The largest absolute Gasteiger partial charge is 0.478 e. The lowest BCUT2D eigenvalue weighted by Gasteiger charge is -2.25. The van der Waals surface area contributed by atoms with Crippen LogP contribution in [-0.4, -0.2) is 17.1 Å². The molecule has 1 atom stereocenters. The highest BCUT2D eigenvalue weighted by atomic mass is 16.4. The maximum absolute atomic E-state index is 10.9. The standard InChI is InChI=1S/C16H15NO2/c1-11-10-13-4-2-3-5-15(13)17(11)14-8-6-12(7-9-14)16(18)19/h2-9,11H,10H2,1H3,(H,18,19). The summed E-state index contributed by atoms with van der Waals surface area (Å²) < 4.78 is 0. The third-order valence-corrected chi connectivity index (χ3v) is 3.60. The van der Waals surface area contributed by atoms with Gasteiger partial charge >= 0.3 is 5.97 Å². The maximum atomic E-state index is 10.9. The van der Waals surface area contributed by atoms with Crippen LogP contribution in [0.3, 0.4) is 0 Å². The Bertz CT molecular complexity index is 619. The highest BCUT2D eigenvalue weighted by molar-refractivity contribution is 5.88. The SMILES string of the molecule is CC1Cc2ccccc2N1c1ccc(C(=O)O)cc1. The number of carboxylic acids is 1. The molecule has 19 heavy (non-hydrogen) atoms. The number of hydrogen-bond acceptors (Lipinski definition) is 2. The van der Waals surface area contributed by atoms with Crippen LogP contribution in [0.25, 0.3) is 0 Å². The Hall–Kier alpha value is -2.29. The Morgan fingerprint density at radius 1 is 1.16 bits per heavy atom. The second-order valence-corrected chi connectivity index (χ2v) is 4.90. The van der Waals surface area contributed by atoms with Crippen LogP contribution in [0, 0.1) is 0 Å². The van der Waals surface area contributed by atoms with Gasteiger partial charge in [0.1, 0.15) is 0 Å². The normalized spacial score (nSPS) is 17.3. The number of carboxylic acid groups (broad SMARTS) is 1. The first kappa shape index (κ1) is 11.8. The van der Waals surface area contributed by atoms with E-state index < -0.39 is 5.97 Å². The van der Waals surface area contributed by atoms with Gasteiger partial charge < -0.3 is 10.0 Å². The summed E-state index contributed by atoms with van der Waals surface area (Å²) in [6.45, 7) is 2.19. The summed E-state index contributed by atoms with van der Waals surface area (Å²) in [6.07, 6.45) is 1.02. The van der Waals surface area contributed by atoms with Gasteiger partial charge in [0.25, 0.3) is 0 Å². The van der Waals surface area contributed by atoms with Gasteiger partial charge in [0, 0.05) is 17.4 Å². The number of hydrogen-bond donors (Lipinski definition) is 1. The van der Waals surface area contributed by atoms with Gasteiger partial charge in [0.15, 0.2) is 0 Å². The molecule has 1 unspecified atom stereocenters. The summed E-state index contributed by atoms with van der Waals surface area (Å²) >= 11 is 0. The van der Waals surface area contributed by atoms with Gasteiger partial charge in [0.05, 0.1) is 5.56 Å². The minimum Gasteiger partial charge on any atom is -0.478 e. The van der Waals surface area contributed by atoms with E-state index in [0.29, 0.717) is 11.6 Å². The fourth-order valence-corrected chi connectivity index (χ4v) is 2.72. The predicted molar refractivity (Wildman–Crippen MR) is 75.1 cm³/mol. The Labute approximate surface area is 112 Å². The van der Waals surface area contributed by atoms with Crippen LogP contribution in [0.5, 0.6) is 0 Å². The third kappa shape index (κ3) is 1.97. The molecule has 0 bridgehead atoms. The van der Waals surface area contributed by atoms with E-state index in [1.807, 2.05) is 18.2 Å². The molecule has 2 aromatic carbocycles. The Balaban J connectivity index is 2.00. The molecule has 0 aliphatic carbocycles. The lowest BCUT2D eigenvalue weighted by atomic mass is 10.1. The Morgan fingerprint density at radius 3 is 2.53 bits per heavy atom. The molecule has 1 heterocycles. The van der Waals surface area contributed by atoms with E-state index in [9.17, 15) is 4.79 Å². The van der Waals surface area contributed by atoms with Crippen molar-refractivity contribution in [3.8, 4) is 0 Å². The number of benzene rings is 2. The first-order valence-corrected chi connectivity index (χ1v) is 6.37. The van der Waals surface area contributed by atoms with Gasteiger partial charge in [-0.25, -0.2) is 4.79 Å². The summed E-state index contributed by atoms with van der Waals surface area (Å²) in [7, 11) is 0. The summed E-state index contributed by atoms with van der Waals surface area (Å²) in [4.78, 5) is 13.1. The van der Waals surface area contributed by atoms with E-state index in [4.69, 9.17) is 5.11 Å². The smallest absolute Gasteiger partial charge is 0.335 e. The van der Waals surface area contributed by atoms with Crippen molar-refractivity contribution in [3.05, 3.63) is 59.7 Å². The van der Waals surface area contributed by atoms with Crippen LogP contribution in [0.1, 0.15) is 22.8 Å². The second-order valence-electron chi connectivity index (χ2n) is 4.90. The molecule has 1 aliphatic rings. The quantitative estimate of drug-likeness (QED) is 0.891. The first-order chi connectivity index (χ1) is 9.16. The zero-order chi connectivity index (χ0) is 13.4. The number of nitrogens with zero attached hydrogens (tertiary/aromatic N) is 1. The van der Waals surface area contributed by atoms with Crippen LogP contribution in [0.4, 0.5) is 11.4 Å². The lowest BCUT2D eigenvalue weighted by molar-refractivity contribution is 0.0697. The van der Waals surface area contributed by atoms with E-state index in [1.54, 1.807) is 12.1 Å². The van der Waals surface area contributed by atoms with Gasteiger partial charge in [-0.15, -0.1) is 0 Å². The summed E-state index contributed by atoms with van der Waals surface area (Å²) in [6, 6.07) is 15.8. The molecule has 2 aromatic rings. The van der Waals surface area contributed by atoms with Crippen molar-refractivity contribution in [1.82, 2.24) is 0 Å². The van der Waals surface area contributed by atoms with Crippen LogP contribution in [-0.2, 0) is 6.42 Å². The third-order valence-electron chi connectivity index (χ3n) is 3.60. The summed E-state index contributed by atoms with van der Waals surface area (Å²) in [5, 5.41) is 8.94. The van der Waals surface area contributed by atoms with Crippen LogP contribution < -0.4 is 4.90 Å². The molecule has 0 saturated carbocycles.